The number of hydrogen-bond donors (Lipinski definition) is 0. The lowest BCUT2D eigenvalue weighted by atomic mass is 9.68. The summed E-state index contributed by atoms with van der Waals surface area (Å²) >= 11 is 0. The van der Waals surface area contributed by atoms with E-state index in [-0.39, 0.29) is 0 Å². The van der Waals surface area contributed by atoms with Crippen molar-refractivity contribution in [2.24, 2.45) is 0 Å². The summed E-state index contributed by atoms with van der Waals surface area (Å²) < 4.78 is 6.62. The van der Waals surface area contributed by atoms with E-state index < -0.39 is 5.41 Å². The van der Waals surface area contributed by atoms with Crippen molar-refractivity contribution in [3.05, 3.63) is 271 Å². The van der Waals surface area contributed by atoms with Crippen LogP contribution >= 0.6 is 0 Å². The van der Waals surface area contributed by atoms with Gasteiger partial charge in [-0.1, -0.05) is 206 Å². The quantitative estimate of drug-likeness (QED) is 0.152. The first-order valence-electron chi connectivity index (χ1n) is 21.7. The van der Waals surface area contributed by atoms with Crippen LogP contribution in [0.1, 0.15) is 22.3 Å². The highest BCUT2D eigenvalue weighted by Crippen LogP contribution is 2.58. The van der Waals surface area contributed by atoms with Gasteiger partial charge < -0.3 is 9.32 Å². The minimum absolute atomic E-state index is 0.502. The third-order valence-corrected chi connectivity index (χ3v) is 13.0. The van der Waals surface area contributed by atoms with Gasteiger partial charge in [0.2, 0.25) is 0 Å². The molecule has 0 saturated carbocycles. The van der Waals surface area contributed by atoms with Crippen LogP contribution in [0.15, 0.2) is 253 Å². The van der Waals surface area contributed by atoms with Gasteiger partial charge in [-0.25, -0.2) is 0 Å². The second-order valence-electron chi connectivity index (χ2n) is 16.3. The van der Waals surface area contributed by atoms with Crippen molar-refractivity contribution in [2.45, 2.75) is 5.41 Å². The molecule has 63 heavy (non-hydrogen) atoms. The van der Waals surface area contributed by atoms with Gasteiger partial charge in [-0.2, -0.15) is 0 Å². The monoisotopic (exact) mass is 803 g/mol. The lowest BCUT2D eigenvalue weighted by Crippen LogP contribution is -2.28. The second kappa shape index (κ2) is 15.1. The summed E-state index contributed by atoms with van der Waals surface area (Å²) in [6.07, 6.45) is 0. The van der Waals surface area contributed by atoms with Crippen molar-refractivity contribution in [3.8, 4) is 44.5 Å². The maximum absolute atomic E-state index is 6.62. The molecule has 0 amide bonds. The normalized spacial score (nSPS) is 12.6. The van der Waals surface area contributed by atoms with Gasteiger partial charge in [-0.3, -0.25) is 0 Å². The van der Waals surface area contributed by atoms with Crippen molar-refractivity contribution in [2.75, 3.05) is 4.90 Å². The number of benzene rings is 10. The molecule has 0 atom stereocenters. The molecule has 0 saturated heterocycles. The number of fused-ring (bicyclic) bond motifs is 6. The predicted octanol–water partition coefficient (Wildman–Crippen LogP) is 16.4. The second-order valence-corrected chi connectivity index (χ2v) is 16.3. The van der Waals surface area contributed by atoms with E-state index in [4.69, 9.17) is 4.42 Å². The molecule has 1 aliphatic rings. The van der Waals surface area contributed by atoms with Crippen molar-refractivity contribution < 1.29 is 4.42 Å². The first-order chi connectivity index (χ1) is 31.3. The minimum atomic E-state index is -0.502. The summed E-state index contributed by atoms with van der Waals surface area (Å²) in [5, 5.41) is 2.21. The molecule has 0 aliphatic heterocycles. The van der Waals surface area contributed by atoms with Crippen LogP contribution in [0.3, 0.4) is 0 Å². The van der Waals surface area contributed by atoms with Gasteiger partial charge in [0.1, 0.15) is 11.2 Å². The molecule has 2 heteroatoms. The van der Waals surface area contributed by atoms with Crippen molar-refractivity contribution in [1.82, 2.24) is 0 Å². The van der Waals surface area contributed by atoms with Crippen molar-refractivity contribution >= 4 is 39.0 Å². The van der Waals surface area contributed by atoms with Gasteiger partial charge in [-0.05, 0) is 97.6 Å². The lowest BCUT2D eigenvalue weighted by Gasteiger charge is -2.34. The Labute approximate surface area is 367 Å². The smallest absolute Gasteiger partial charge is 0.137 e. The average molecular weight is 804 g/mol. The summed E-state index contributed by atoms with van der Waals surface area (Å²) in [5.41, 5.74) is 18.8. The number of hydrogen-bond acceptors (Lipinski definition) is 2. The third kappa shape index (κ3) is 5.87. The van der Waals surface area contributed by atoms with Crippen molar-refractivity contribution in [3.63, 3.8) is 0 Å². The molecular weight excluding hydrogens is 763 g/mol. The fourth-order valence-corrected chi connectivity index (χ4v) is 10.3. The fourth-order valence-electron chi connectivity index (χ4n) is 10.3. The third-order valence-electron chi connectivity index (χ3n) is 13.0. The SMILES string of the molecule is c1ccc(-c2ccccc2-c2c(-c3ccccc3)cccc2N(c2ccc3c(c2)-c2ccccc2C3(c2ccccc2)c2ccccc2)c2ccc3c(c2)oc2ccccc23)cc1. The van der Waals surface area contributed by atoms with Gasteiger partial charge in [0.15, 0.2) is 0 Å². The molecule has 0 spiro atoms. The van der Waals surface area contributed by atoms with Crippen LogP contribution in [0.5, 0.6) is 0 Å². The Morgan fingerprint density at radius 2 is 0.825 bits per heavy atom. The van der Waals surface area contributed by atoms with Crippen LogP contribution in [0.25, 0.3) is 66.4 Å². The Kier molecular flexibility index (Phi) is 8.76. The lowest BCUT2D eigenvalue weighted by molar-refractivity contribution is 0.669. The highest BCUT2D eigenvalue weighted by atomic mass is 16.3. The van der Waals surface area contributed by atoms with E-state index >= 15 is 0 Å². The molecule has 1 aromatic heterocycles. The summed E-state index contributed by atoms with van der Waals surface area (Å²) in [4.78, 5) is 2.45. The van der Waals surface area contributed by atoms with Crippen LogP contribution in [0, 0.1) is 0 Å². The molecule has 1 heterocycles. The molecule has 2 nitrogen and oxygen atoms in total. The zero-order valence-corrected chi connectivity index (χ0v) is 34.5. The van der Waals surface area contributed by atoms with E-state index in [1.165, 1.54) is 44.5 Å². The number of anilines is 3. The number of furan rings is 1. The molecule has 0 bridgehead atoms. The summed E-state index contributed by atoms with van der Waals surface area (Å²) in [6.45, 7) is 0. The van der Waals surface area contributed by atoms with Gasteiger partial charge in [0.25, 0.3) is 0 Å². The summed E-state index contributed by atoms with van der Waals surface area (Å²) in [5.74, 6) is 0. The molecular formula is C61H41NO. The van der Waals surface area contributed by atoms with E-state index in [9.17, 15) is 0 Å². The largest absolute Gasteiger partial charge is 0.456 e. The Bertz CT molecular complexity index is 3400. The van der Waals surface area contributed by atoms with Crippen LogP contribution in [-0.2, 0) is 5.41 Å². The molecule has 296 valence electrons. The summed E-state index contributed by atoms with van der Waals surface area (Å²) in [6, 6.07) is 90.3. The molecule has 12 rings (SSSR count). The Balaban J connectivity index is 1.17. The maximum atomic E-state index is 6.62. The zero-order valence-electron chi connectivity index (χ0n) is 34.5. The van der Waals surface area contributed by atoms with Gasteiger partial charge in [0.05, 0.1) is 11.1 Å². The Morgan fingerprint density at radius 3 is 1.54 bits per heavy atom. The van der Waals surface area contributed by atoms with Crippen LogP contribution in [-0.4, -0.2) is 0 Å². The van der Waals surface area contributed by atoms with E-state index in [0.717, 1.165) is 61.3 Å². The zero-order chi connectivity index (χ0) is 41.7. The summed E-state index contributed by atoms with van der Waals surface area (Å²) in [7, 11) is 0. The minimum Gasteiger partial charge on any atom is -0.456 e. The van der Waals surface area contributed by atoms with E-state index in [0.29, 0.717) is 0 Å². The van der Waals surface area contributed by atoms with Crippen molar-refractivity contribution in [1.29, 1.82) is 0 Å². The molecule has 10 aromatic carbocycles. The molecule has 0 radical (unpaired) electrons. The van der Waals surface area contributed by atoms with E-state index in [1.54, 1.807) is 0 Å². The molecule has 0 fully saturated rings. The molecule has 0 unspecified atom stereocenters. The predicted molar refractivity (Wildman–Crippen MR) is 262 cm³/mol. The van der Waals surface area contributed by atoms with Crippen LogP contribution < -0.4 is 4.90 Å². The average Bonchev–Trinajstić information content (AvgIpc) is 3.88. The standard InChI is InChI=1S/C61H41NO/c1-5-20-42(21-6-1)48-28-13-14-31-53(48)60-49(43-22-7-2-8-23-43)32-19-34-57(60)62(47-36-38-52-51-30-16-18-35-58(51)63-59(52)41-47)46-37-39-56-54(40-46)50-29-15-17-33-55(50)61(56,44-24-9-3-10-25-44)45-26-11-4-12-27-45/h1-41H. The highest BCUT2D eigenvalue weighted by Gasteiger charge is 2.46. The Morgan fingerprint density at radius 1 is 0.317 bits per heavy atom. The first kappa shape index (κ1) is 36.6. The Hall–Kier alpha value is -8.20. The topological polar surface area (TPSA) is 16.4 Å². The van der Waals surface area contributed by atoms with Gasteiger partial charge >= 0.3 is 0 Å². The number of nitrogens with zero attached hydrogens (tertiary/aromatic N) is 1. The fraction of sp³-hybridized carbons (Fsp3) is 0.0164. The first-order valence-corrected chi connectivity index (χ1v) is 21.7. The highest BCUT2D eigenvalue weighted by molar-refractivity contribution is 6.07. The number of rotatable bonds is 8. The maximum Gasteiger partial charge on any atom is 0.137 e. The van der Waals surface area contributed by atoms with E-state index in [1.807, 2.05) is 6.07 Å². The van der Waals surface area contributed by atoms with Gasteiger partial charge in [0, 0.05) is 33.8 Å². The van der Waals surface area contributed by atoms with Crippen LogP contribution in [0.4, 0.5) is 17.1 Å². The van der Waals surface area contributed by atoms with Gasteiger partial charge in [-0.15, -0.1) is 0 Å². The molecule has 0 N–H and O–H groups in total. The molecule has 1 aliphatic carbocycles. The van der Waals surface area contributed by atoms with E-state index in [2.05, 4.69) is 248 Å². The molecule has 11 aromatic rings. The van der Waals surface area contributed by atoms with Crippen LogP contribution in [0.2, 0.25) is 0 Å². The number of para-hydroxylation sites is 1.